The van der Waals surface area contributed by atoms with Crippen LogP contribution in [0.4, 0.5) is 0 Å². The molecule has 0 saturated heterocycles. The molecule has 0 amide bonds. The van der Waals surface area contributed by atoms with E-state index in [1.54, 1.807) is 0 Å². The molecule has 0 fully saturated rings. The highest BCUT2D eigenvalue weighted by atomic mass is 16.3. The Morgan fingerprint density at radius 1 is 1.25 bits per heavy atom. The molecule has 1 atom stereocenters. The first kappa shape index (κ1) is 12.9. The number of aliphatic hydroxyl groups excluding tert-OH is 1. The highest BCUT2D eigenvalue weighted by Gasteiger charge is 2.06. The SMILES string of the molecule is CC[C@@H](O)CCC(=O)CCc1ccccc1. The van der Waals surface area contributed by atoms with Crippen LogP contribution in [-0.4, -0.2) is 17.0 Å². The minimum atomic E-state index is -0.319. The highest BCUT2D eigenvalue weighted by Crippen LogP contribution is 2.07. The van der Waals surface area contributed by atoms with Gasteiger partial charge in [0, 0.05) is 12.8 Å². The smallest absolute Gasteiger partial charge is 0.133 e. The molecule has 0 saturated carbocycles. The molecule has 0 aliphatic heterocycles. The zero-order chi connectivity index (χ0) is 11.8. The molecule has 1 rings (SSSR count). The van der Waals surface area contributed by atoms with Gasteiger partial charge in [-0.25, -0.2) is 0 Å². The van der Waals surface area contributed by atoms with E-state index < -0.39 is 0 Å². The number of hydrogen-bond acceptors (Lipinski definition) is 2. The Bertz CT molecular complexity index is 306. The molecule has 0 aromatic heterocycles. The number of benzene rings is 1. The molecule has 16 heavy (non-hydrogen) atoms. The predicted octanol–water partition coefficient (Wildman–Crippen LogP) is 2.74. The first-order valence-corrected chi connectivity index (χ1v) is 5.96. The number of aliphatic hydroxyl groups is 1. The van der Waals surface area contributed by atoms with Gasteiger partial charge in [-0.1, -0.05) is 37.3 Å². The first-order chi connectivity index (χ1) is 7.72. The van der Waals surface area contributed by atoms with Gasteiger partial charge in [0.15, 0.2) is 0 Å². The normalized spacial score (nSPS) is 12.4. The van der Waals surface area contributed by atoms with Crippen molar-refractivity contribution in [3.63, 3.8) is 0 Å². The second-order valence-electron chi connectivity index (χ2n) is 4.13. The van der Waals surface area contributed by atoms with Gasteiger partial charge in [0.05, 0.1) is 6.10 Å². The number of aryl methyl sites for hydroxylation is 1. The van der Waals surface area contributed by atoms with Crippen molar-refractivity contribution in [3.05, 3.63) is 35.9 Å². The largest absolute Gasteiger partial charge is 0.393 e. The van der Waals surface area contributed by atoms with Gasteiger partial charge in [0.2, 0.25) is 0 Å². The van der Waals surface area contributed by atoms with Gasteiger partial charge < -0.3 is 5.11 Å². The summed E-state index contributed by atoms with van der Waals surface area (Å²) in [6.45, 7) is 1.93. The summed E-state index contributed by atoms with van der Waals surface area (Å²) in [5.41, 5.74) is 1.20. The molecule has 1 N–H and O–H groups in total. The first-order valence-electron chi connectivity index (χ1n) is 5.96. The zero-order valence-electron chi connectivity index (χ0n) is 9.86. The van der Waals surface area contributed by atoms with Crippen LogP contribution in [0.5, 0.6) is 0 Å². The Balaban J connectivity index is 2.20. The number of carbonyl (C=O) groups is 1. The second-order valence-corrected chi connectivity index (χ2v) is 4.13. The van der Waals surface area contributed by atoms with Crippen LogP contribution in [0.15, 0.2) is 30.3 Å². The summed E-state index contributed by atoms with van der Waals surface area (Å²) in [5, 5.41) is 9.34. The van der Waals surface area contributed by atoms with E-state index >= 15 is 0 Å². The van der Waals surface area contributed by atoms with Crippen LogP contribution >= 0.6 is 0 Å². The average Bonchev–Trinajstić information content (AvgIpc) is 2.34. The van der Waals surface area contributed by atoms with Crippen LogP contribution in [-0.2, 0) is 11.2 Å². The van der Waals surface area contributed by atoms with E-state index in [1.165, 1.54) is 5.56 Å². The molecular weight excluding hydrogens is 200 g/mol. The topological polar surface area (TPSA) is 37.3 Å². The fourth-order valence-electron chi connectivity index (χ4n) is 1.59. The van der Waals surface area contributed by atoms with Crippen molar-refractivity contribution >= 4 is 5.78 Å². The fraction of sp³-hybridized carbons (Fsp3) is 0.500. The summed E-state index contributed by atoms with van der Waals surface area (Å²) in [6, 6.07) is 10.0. The second kappa shape index (κ2) is 7.18. The summed E-state index contributed by atoms with van der Waals surface area (Å²) < 4.78 is 0. The molecular formula is C14H20O2. The van der Waals surface area contributed by atoms with E-state index in [0.717, 1.165) is 12.8 Å². The summed E-state index contributed by atoms with van der Waals surface area (Å²) in [5.74, 6) is 0.247. The quantitative estimate of drug-likeness (QED) is 0.767. The van der Waals surface area contributed by atoms with E-state index in [0.29, 0.717) is 19.3 Å². The van der Waals surface area contributed by atoms with Gasteiger partial charge >= 0.3 is 0 Å². The molecule has 1 aromatic rings. The Morgan fingerprint density at radius 3 is 2.56 bits per heavy atom. The third kappa shape index (κ3) is 5.08. The molecule has 2 nitrogen and oxygen atoms in total. The lowest BCUT2D eigenvalue weighted by atomic mass is 10.0. The lowest BCUT2D eigenvalue weighted by Gasteiger charge is -2.06. The number of Topliss-reactive ketones (excluding diaryl/α,β-unsaturated/α-hetero) is 1. The summed E-state index contributed by atoms with van der Waals surface area (Å²) >= 11 is 0. The van der Waals surface area contributed by atoms with Gasteiger partial charge in [-0.15, -0.1) is 0 Å². The maximum atomic E-state index is 11.5. The van der Waals surface area contributed by atoms with Crippen molar-refractivity contribution in [2.45, 2.75) is 45.1 Å². The van der Waals surface area contributed by atoms with Crippen molar-refractivity contribution < 1.29 is 9.90 Å². The Labute approximate surface area is 97.3 Å². The fourth-order valence-corrected chi connectivity index (χ4v) is 1.59. The lowest BCUT2D eigenvalue weighted by molar-refractivity contribution is -0.119. The minimum Gasteiger partial charge on any atom is -0.393 e. The van der Waals surface area contributed by atoms with E-state index in [2.05, 4.69) is 0 Å². The minimum absolute atomic E-state index is 0.247. The van der Waals surface area contributed by atoms with E-state index in [4.69, 9.17) is 0 Å². The highest BCUT2D eigenvalue weighted by molar-refractivity contribution is 5.78. The van der Waals surface area contributed by atoms with Crippen LogP contribution in [0, 0.1) is 0 Å². The molecule has 0 bridgehead atoms. The molecule has 1 aromatic carbocycles. The molecule has 88 valence electrons. The predicted molar refractivity (Wildman–Crippen MR) is 65.3 cm³/mol. The number of ketones is 1. The summed E-state index contributed by atoms with van der Waals surface area (Å²) in [6.07, 6.45) is 2.90. The van der Waals surface area contributed by atoms with Gasteiger partial charge in [0.1, 0.15) is 5.78 Å². The Morgan fingerprint density at radius 2 is 1.94 bits per heavy atom. The zero-order valence-corrected chi connectivity index (χ0v) is 9.86. The lowest BCUT2D eigenvalue weighted by Crippen LogP contribution is -2.08. The van der Waals surface area contributed by atoms with Crippen LogP contribution < -0.4 is 0 Å². The third-order valence-electron chi connectivity index (χ3n) is 2.76. The standard InChI is InChI=1S/C14H20O2/c1-2-13(15)10-11-14(16)9-8-12-6-4-3-5-7-12/h3-7,13,15H,2,8-11H2,1H3/t13-/m1/s1. The number of rotatable bonds is 7. The molecule has 2 heteroatoms. The van der Waals surface area contributed by atoms with Crippen LogP contribution in [0.25, 0.3) is 0 Å². The van der Waals surface area contributed by atoms with Crippen molar-refractivity contribution in [2.24, 2.45) is 0 Å². The maximum absolute atomic E-state index is 11.5. The summed E-state index contributed by atoms with van der Waals surface area (Å²) in [7, 11) is 0. The number of carbonyl (C=O) groups excluding carboxylic acids is 1. The van der Waals surface area contributed by atoms with Crippen molar-refractivity contribution in [2.75, 3.05) is 0 Å². The summed E-state index contributed by atoms with van der Waals surface area (Å²) in [4.78, 5) is 11.5. The van der Waals surface area contributed by atoms with Gasteiger partial charge in [-0.05, 0) is 24.8 Å². The Kier molecular flexibility index (Phi) is 5.79. The van der Waals surface area contributed by atoms with E-state index in [9.17, 15) is 9.90 Å². The molecule has 0 aliphatic carbocycles. The Hall–Kier alpha value is -1.15. The van der Waals surface area contributed by atoms with Crippen LogP contribution in [0.1, 0.15) is 38.2 Å². The molecule has 0 unspecified atom stereocenters. The van der Waals surface area contributed by atoms with E-state index in [-0.39, 0.29) is 11.9 Å². The average molecular weight is 220 g/mol. The van der Waals surface area contributed by atoms with Crippen molar-refractivity contribution in [1.29, 1.82) is 0 Å². The van der Waals surface area contributed by atoms with Crippen LogP contribution in [0.2, 0.25) is 0 Å². The monoisotopic (exact) mass is 220 g/mol. The van der Waals surface area contributed by atoms with Crippen LogP contribution in [0.3, 0.4) is 0 Å². The molecule has 0 aliphatic rings. The van der Waals surface area contributed by atoms with Crippen molar-refractivity contribution in [1.82, 2.24) is 0 Å². The van der Waals surface area contributed by atoms with E-state index in [1.807, 2.05) is 37.3 Å². The van der Waals surface area contributed by atoms with Crippen molar-refractivity contribution in [3.8, 4) is 0 Å². The molecule has 0 heterocycles. The molecule has 0 spiro atoms. The maximum Gasteiger partial charge on any atom is 0.133 e. The number of hydrogen-bond donors (Lipinski definition) is 1. The van der Waals surface area contributed by atoms with Gasteiger partial charge in [0.25, 0.3) is 0 Å². The molecule has 0 radical (unpaired) electrons. The van der Waals surface area contributed by atoms with Gasteiger partial charge in [-0.2, -0.15) is 0 Å². The third-order valence-corrected chi connectivity index (χ3v) is 2.76. The van der Waals surface area contributed by atoms with Gasteiger partial charge in [-0.3, -0.25) is 4.79 Å².